The van der Waals surface area contributed by atoms with E-state index in [-0.39, 0.29) is 6.10 Å². The van der Waals surface area contributed by atoms with Crippen LogP contribution in [0.15, 0.2) is 48.5 Å². The van der Waals surface area contributed by atoms with E-state index in [1.165, 1.54) is 0 Å². The summed E-state index contributed by atoms with van der Waals surface area (Å²) in [5, 5.41) is 15.0. The number of fused-ring (bicyclic) bond motifs is 1. The van der Waals surface area contributed by atoms with Crippen molar-refractivity contribution >= 4 is 28.2 Å². The van der Waals surface area contributed by atoms with Crippen LogP contribution in [0.5, 0.6) is 0 Å². The Morgan fingerprint density at radius 1 is 1.00 bits per heavy atom. The number of rotatable bonds is 4. The molecule has 0 radical (unpaired) electrons. The van der Waals surface area contributed by atoms with E-state index in [1.54, 1.807) is 0 Å². The van der Waals surface area contributed by atoms with Gasteiger partial charge in [-0.1, -0.05) is 48.0 Å². The number of aromatic nitrogens is 2. The van der Waals surface area contributed by atoms with Crippen molar-refractivity contribution in [2.24, 2.45) is 0 Å². The van der Waals surface area contributed by atoms with E-state index in [0.29, 0.717) is 31.4 Å². The van der Waals surface area contributed by atoms with Gasteiger partial charge in [0.05, 0.1) is 25.9 Å². The lowest BCUT2D eigenvalue weighted by Gasteiger charge is -2.23. The van der Waals surface area contributed by atoms with Gasteiger partial charge in [0.15, 0.2) is 5.82 Å². The van der Waals surface area contributed by atoms with Gasteiger partial charge in [-0.2, -0.15) is 0 Å². The highest BCUT2D eigenvalue weighted by Gasteiger charge is 2.16. The van der Waals surface area contributed by atoms with Gasteiger partial charge in [-0.3, -0.25) is 0 Å². The van der Waals surface area contributed by atoms with Crippen LogP contribution >= 0.6 is 11.6 Å². The zero-order valence-electron chi connectivity index (χ0n) is 13.6. The molecule has 6 heteroatoms. The molecule has 4 rings (SSSR count). The predicted octanol–water partition coefficient (Wildman–Crippen LogP) is 3.78. The summed E-state index contributed by atoms with van der Waals surface area (Å²) < 4.78 is 11.1. The van der Waals surface area contributed by atoms with Gasteiger partial charge in [-0.15, -0.1) is 10.2 Å². The van der Waals surface area contributed by atoms with E-state index >= 15 is 0 Å². The minimum Gasteiger partial charge on any atom is -0.376 e. The summed E-state index contributed by atoms with van der Waals surface area (Å²) in [6.07, 6.45) is 0.0326. The van der Waals surface area contributed by atoms with Gasteiger partial charge >= 0.3 is 0 Å². The number of halogens is 1. The molecule has 1 aliphatic heterocycles. The fraction of sp³-hybridized carbons (Fsp3) is 0.263. The maximum atomic E-state index is 5.99. The van der Waals surface area contributed by atoms with Crippen LogP contribution < -0.4 is 5.32 Å². The van der Waals surface area contributed by atoms with Crippen LogP contribution in [0, 0.1) is 0 Å². The van der Waals surface area contributed by atoms with E-state index in [2.05, 4.69) is 21.6 Å². The number of hydrogen-bond acceptors (Lipinski definition) is 5. The number of anilines is 1. The second-order valence-electron chi connectivity index (χ2n) is 5.90. The highest BCUT2D eigenvalue weighted by molar-refractivity contribution is 6.30. The minimum absolute atomic E-state index is 0.0326. The van der Waals surface area contributed by atoms with Crippen molar-refractivity contribution in [3.63, 3.8) is 0 Å². The number of nitrogens with zero attached hydrogens (tertiary/aromatic N) is 2. The van der Waals surface area contributed by atoms with Gasteiger partial charge in [0.2, 0.25) is 0 Å². The lowest BCUT2D eigenvalue weighted by molar-refractivity contribution is -0.0819. The first kappa shape index (κ1) is 16.3. The Labute approximate surface area is 150 Å². The topological polar surface area (TPSA) is 56.3 Å². The highest BCUT2D eigenvalue weighted by Crippen LogP contribution is 2.30. The average Bonchev–Trinajstić information content (AvgIpc) is 2.68. The summed E-state index contributed by atoms with van der Waals surface area (Å²) in [7, 11) is 0. The number of ether oxygens (including phenoxy) is 2. The molecule has 2 aromatic carbocycles. The third-order valence-corrected chi connectivity index (χ3v) is 4.44. The Bertz CT molecular complexity index is 864. The summed E-state index contributed by atoms with van der Waals surface area (Å²) in [6, 6.07) is 15.7. The monoisotopic (exact) mass is 355 g/mol. The molecule has 0 spiro atoms. The molecule has 0 amide bonds. The van der Waals surface area contributed by atoms with Crippen molar-refractivity contribution in [3.8, 4) is 11.3 Å². The smallest absolute Gasteiger partial charge is 0.156 e. The molecule has 2 heterocycles. The first-order valence-corrected chi connectivity index (χ1v) is 8.63. The lowest BCUT2D eigenvalue weighted by Crippen LogP contribution is -2.34. The predicted molar refractivity (Wildman–Crippen MR) is 99.0 cm³/mol. The molecule has 25 heavy (non-hydrogen) atoms. The summed E-state index contributed by atoms with van der Waals surface area (Å²) in [4.78, 5) is 0. The fourth-order valence-corrected chi connectivity index (χ4v) is 3.05. The first-order chi connectivity index (χ1) is 12.3. The quantitative estimate of drug-likeness (QED) is 0.772. The van der Waals surface area contributed by atoms with Crippen LogP contribution in [-0.2, 0) is 9.47 Å². The van der Waals surface area contributed by atoms with E-state index in [0.717, 1.165) is 27.8 Å². The largest absolute Gasteiger partial charge is 0.376 e. The Kier molecular flexibility index (Phi) is 4.78. The maximum Gasteiger partial charge on any atom is 0.156 e. The van der Waals surface area contributed by atoms with Gasteiger partial charge in [0.1, 0.15) is 5.69 Å². The van der Waals surface area contributed by atoms with Crippen molar-refractivity contribution in [3.05, 3.63) is 53.6 Å². The third-order valence-electron chi connectivity index (χ3n) is 4.19. The summed E-state index contributed by atoms with van der Waals surface area (Å²) >= 11 is 5.99. The number of benzene rings is 2. The molecule has 1 N–H and O–H groups in total. The third kappa shape index (κ3) is 3.58. The van der Waals surface area contributed by atoms with E-state index in [9.17, 15) is 0 Å². The van der Waals surface area contributed by atoms with E-state index in [1.807, 2.05) is 42.5 Å². The minimum atomic E-state index is 0.0326. The van der Waals surface area contributed by atoms with Gasteiger partial charge < -0.3 is 14.8 Å². The zero-order chi connectivity index (χ0) is 17.1. The Morgan fingerprint density at radius 3 is 2.56 bits per heavy atom. The molecule has 5 nitrogen and oxygen atoms in total. The molecule has 1 atom stereocenters. The number of nitrogens with one attached hydrogen (secondary N) is 1. The Balaban J connectivity index is 1.65. The SMILES string of the molecule is Clc1ccc(-c2nnc(NC[C@@H]3COCCO3)c3ccccc23)cc1. The maximum absolute atomic E-state index is 5.99. The van der Waals surface area contributed by atoms with Crippen molar-refractivity contribution in [2.45, 2.75) is 6.10 Å². The van der Waals surface area contributed by atoms with Crippen LogP contribution in [0.3, 0.4) is 0 Å². The summed E-state index contributed by atoms with van der Waals surface area (Å²) in [5.41, 5.74) is 1.83. The van der Waals surface area contributed by atoms with Crippen molar-refractivity contribution < 1.29 is 9.47 Å². The molecule has 1 aromatic heterocycles. The first-order valence-electron chi connectivity index (χ1n) is 8.26. The van der Waals surface area contributed by atoms with Gasteiger partial charge in [-0.25, -0.2) is 0 Å². The van der Waals surface area contributed by atoms with Crippen LogP contribution in [-0.4, -0.2) is 42.7 Å². The fourth-order valence-electron chi connectivity index (χ4n) is 2.92. The summed E-state index contributed by atoms with van der Waals surface area (Å²) in [5.74, 6) is 0.752. The zero-order valence-corrected chi connectivity index (χ0v) is 14.4. The molecule has 1 saturated heterocycles. The van der Waals surface area contributed by atoms with Gasteiger partial charge in [0.25, 0.3) is 0 Å². The van der Waals surface area contributed by atoms with Crippen LogP contribution in [0.25, 0.3) is 22.0 Å². The van der Waals surface area contributed by atoms with Gasteiger partial charge in [-0.05, 0) is 12.1 Å². The molecule has 0 bridgehead atoms. The molecular formula is C19H18ClN3O2. The molecular weight excluding hydrogens is 338 g/mol. The Hall–Kier alpha value is -2.21. The van der Waals surface area contributed by atoms with Crippen LogP contribution in [0.4, 0.5) is 5.82 Å². The Morgan fingerprint density at radius 2 is 1.80 bits per heavy atom. The molecule has 1 aliphatic rings. The molecule has 0 saturated carbocycles. The molecule has 1 fully saturated rings. The highest BCUT2D eigenvalue weighted by atomic mass is 35.5. The number of hydrogen-bond donors (Lipinski definition) is 1. The van der Waals surface area contributed by atoms with Crippen LogP contribution in [0.2, 0.25) is 5.02 Å². The average molecular weight is 356 g/mol. The second-order valence-corrected chi connectivity index (χ2v) is 6.33. The molecule has 0 aliphatic carbocycles. The molecule has 128 valence electrons. The van der Waals surface area contributed by atoms with E-state index < -0.39 is 0 Å². The molecule has 0 unspecified atom stereocenters. The second kappa shape index (κ2) is 7.35. The standard InChI is InChI=1S/C19H18ClN3O2/c20-14-7-5-13(6-8-14)18-16-3-1-2-4-17(16)19(23-22-18)21-11-15-12-24-9-10-25-15/h1-8,15H,9-12H2,(H,21,23)/t15-/m1/s1. The summed E-state index contributed by atoms with van der Waals surface area (Å²) in [6.45, 7) is 2.53. The van der Waals surface area contributed by atoms with E-state index in [4.69, 9.17) is 21.1 Å². The van der Waals surface area contributed by atoms with Crippen molar-refractivity contribution in [2.75, 3.05) is 31.7 Å². The van der Waals surface area contributed by atoms with Crippen molar-refractivity contribution in [1.29, 1.82) is 0 Å². The van der Waals surface area contributed by atoms with Crippen molar-refractivity contribution in [1.82, 2.24) is 10.2 Å². The van der Waals surface area contributed by atoms with Gasteiger partial charge in [0, 0.05) is 27.9 Å². The molecule has 3 aromatic rings. The van der Waals surface area contributed by atoms with Crippen LogP contribution in [0.1, 0.15) is 0 Å². The lowest BCUT2D eigenvalue weighted by atomic mass is 10.0. The normalized spacial score (nSPS) is 17.6.